The van der Waals surface area contributed by atoms with Gasteiger partial charge < -0.3 is 23.7 Å². The summed E-state index contributed by atoms with van der Waals surface area (Å²) in [5, 5.41) is 0. The van der Waals surface area contributed by atoms with E-state index in [-0.39, 0.29) is 12.4 Å². The maximum atomic E-state index is 12.4. The normalized spacial score (nSPS) is 34.4. The lowest BCUT2D eigenvalue weighted by Gasteiger charge is -2.24. The smallest absolute Gasteiger partial charge is 0.195 e. The molecule has 110 valence electrons. The Hall–Kier alpha value is -0.530. The highest BCUT2D eigenvalue weighted by atomic mass is 16.8. The second-order valence-corrected chi connectivity index (χ2v) is 5.74. The molecular formula is C13H22O6. The third-order valence-electron chi connectivity index (χ3n) is 3.23. The van der Waals surface area contributed by atoms with Gasteiger partial charge in [0.2, 0.25) is 0 Å². The number of methoxy groups -OCH3 is 1. The molecular weight excluding hydrogens is 252 g/mol. The summed E-state index contributed by atoms with van der Waals surface area (Å²) in [5.41, 5.74) is 0. The van der Waals surface area contributed by atoms with Crippen molar-refractivity contribution in [2.24, 2.45) is 0 Å². The van der Waals surface area contributed by atoms with E-state index in [0.717, 1.165) is 0 Å². The first kappa shape index (κ1) is 14.9. The number of carbonyl (C=O) groups excluding carboxylic acids is 1. The van der Waals surface area contributed by atoms with E-state index < -0.39 is 29.9 Å². The summed E-state index contributed by atoms with van der Waals surface area (Å²) in [5.74, 6) is -1.58. The fourth-order valence-electron chi connectivity index (χ4n) is 2.33. The number of Topliss-reactive ketones (excluding diaryl/α,β-unsaturated/α-hetero) is 1. The zero-order valence-corrected chi connectivity index (χ0v) is 12.1. The van der Waals surface area contributed by atoms with Crippen molar-refractivity contribution in [3.8, 4) is 0 Å². The Kier molecular flexibility index (Phi) is 3.99. The summed E-state index contributed by atoms with van der Waals surface area (Å²) in [6.45, 7) is 7.74. The fourth-order valence-corrected chi connectivity index (χ4v) is 2.33. The van der Waals surface area contributed by atoms with Gasteiger partial charge in [-0.25, -0.2) is 0 Å². The van der Waals surface area contributed by atoms with Crippen LogP contribution in [-0.2, 0) is 28.5 Å². The molecule has 0 N–H and O–H groups in total. The van der Waals surface area contributed by atoms with Crippen molar-refractivity contribution in [2.45, 2.75) is 57.6 Å². The van der Waals surface area contributed by atoms with Crippen LogP contribution in [0.25, 0.3) is 0 Å². The molecule has 0 aliphatic carbocycles. The van der Waals surface area contributed by atoms with Crippen molar-refractivity contribution in [2.75, 3.05) is 20.3 Å². The highest BCUT2D eigenvalue weighted by Crippen LogP contribution is 2.29. The molecule has 0 saturated carbocycles. The maximum absolute atomic E-state index is 12.4. The number of hydrogen-bond donors (Lipinski definition) is 0. The van der Waals surface area contributed by atoms with Gasteiger partial charge in [-0.2, -0.15) is 0 Å². The van der Waals surface area contributed by atoms with Gasteiger partial charge in [-0.05, 0) is 27.7 Å². The first-order valence-corrected chi connectivity index (χ1v) is 6.44. The Bertz CT molecular complexity index is 351. The lowest BCUT2D eigenvalue weighted by Crippen LogP contribution is -2.45. The molecule has 0 aromatic carbocycles. The standard InChI is InChI=1S/C13H22O6/c1-12(2)16-6-8(18-12)10(14)11(15-5)9-7-17-13(3,4)19-9/h8-9,11H,6-7H2,1-5H3/t8-,9-,11-/m1/s1. The van der Waals surface area contributed by atoms with Gasteiger partial charge in [0.1, 0.15) is 18.3 Å². The first-order chi connectivity index (χ1) is 8.74. The third-order valence-corrected chi connectivity index (χ3v) is 3.23. The van der Waals surface area contributed by atoms with Gasteiger partial charge >= 0.3 is 0 Å². The summed E-state index contributed by atoms with van der Waals surface area (Å²) in [7, 11) is 1.48. The van der Waals surface area contributed by atoms with Gasteiger partial charge in [-0.1, -0.05) is 0 Å². The average molecular weight is 274 g/mol. The SMILES string of the molecule is CO[C@@H](C(=O)[C@H]1COC(C)(C)O1)[C@H]1COC(C)(C)O1. The van der Waals surface area contributed by atoms with Crippen molar-refractivity contribution in [3.63, 3.8) is 0 Å². The van der Waals surface area contributed by atoms with Gasteiger partial charge in [0.05, 0.1) is 13.2 Å². The van der Waals surface area contributed by atoms with Gasteiger partial charge in [0, 0.05) is 7.11 Å². The van der Waals surface area contributed by atoms with Crippen LogP contribution in [0.3, 0.4) is 0 Å². The van der Waals surface area contributed by atoms with Crippen LogP contribution in [0.2, 0.25) is 0 Å². The number of hydrogen-bond acceptors (Lipinski definition) is 6. The van der Waals surface area contributed by atoms with Gasteiger partial charge in [-0.3, -0.25) is 4.79 Å². The maximum Gasteiger partial charge on any atom is 0.195 e. The van der Waals surface area contributed by atoms with E-state index >= 15 is 0 Å². The highest BCUT2D eigenvalue weighted by Gasteiger charge is 2.46. The molecule has 0 radical (unpaired) electrons. The molecule has 6 heteroatoms. The number of ketones is 1. The van der Waals surface area contributed by atoms with E-state index in [1.165, 1.54) is 7.11 Å². The third kappa shape index (κ3) is 3.32. The van der Waals surface area contributed by atoms with E-state index in [9.17, 15) is 4.79 Å². The summed E-state index contributed by atoms with van der Waals surface area (Å²) < 4.78 is 27.4. The van der Waals surface area contributed by atoms with Crippen LogP contribution >= 0.6 is 0 Å². The Morgan fingerprint density at radius 1 is 1.11 bits per heavy atom. The molecule has 2 rings (SSSR count). The van der Waals surface area contributed by atoms with Crippen molar-refractivity contribution in [1.82, 2.24) is 0 Å². The predicted molar refractivity (Wildman–Crippen MR) is 65.6 cm³/mol. The molecule has 6 nitrogen and oxygen atoms in total. The molecule has 2 aliphatic heterocycles. The average Bonchev–Trinajstić information content (AvgIpc) is 2.82. The van der Waals surface area contributed by atoms with E-state index in [1.807, 2.05) is 13.8 Å². The Balaban J connectivity index is 2.00. The monoisotopic (exact) mass is 274 g/mol. The number of ether oxygens (including phenoxy) is 5. The quantitative estimate of drug-likeness (QED) is 0.758. The van der Waals surface area contributed by atoms with E-state index in [1.54, 1.807) is 13.8 Å². The molecule has 2 fully saturated rings. The summed E-state index contributed by atoms with van der Waals surface area (Å²) in [6.07, 6.45) is -1.74. The zero-order valence-electron chi connectivity index (χ0n) is 12.1. The fraction of sp³-hybridized carbons (Fsp3) is 0.923. The lowest BCUT2D eigenvalue weighted by atomic mass is 10.1. The van der Waals surface area contributed by atoms with Crippen molar-refractivity contribution in [1.29, 1.82) is 0 Å². The molecule has 0 bridgehead atoms. The minimum Gasteiger partial charge on any atom is -0.371 e. The molecule has 3 atom stereocenters. The first-order valence-electron chi connectivity index (χ1n) is 6.44. The second-order valence-electron chi connectivity index (χ2n) is 5.74. The topological polar surface area (TPSA) is 63.2 Å². The van der Waals surface area contributed by atoms with Crippen LogP contribution in [0.1, 0.15) is 27.7 Å². The van der Waals surface area contributed by atoms with Crippen LogP contribution in [0.4, 0.5) is 0 Å². The molecule has 0 amide bonds. The van der Waals surface area contributed by atoms with Gasteiger partial charge in [0.25, 0.3) is 0 Å². The summed E-state index contributed by atoms with van der Waals surface area (Å²) in [6, 6.07) is 0. The van der Waals surface area contributed by atoms with E-state index in [0.29, 0.717) is 6.61 Å². The molecule has 19 heavy (non-hydrogen) atoms. The van der Waals surface area contributed by atoms with Crippen LogP contribution in [0.15, 0.2) is 0 Å². The van der Waals surface area contributed by atoms with E-state index in [2.05, 4.69) is 0 Å². The second kappa shape index (κ2) is 5.10. The van der Waals surface area contributed by atoms with Crippen molar-refractivity contribution >= 4 is 5.78 Å². The van der Waals surface area contributed by atoms with Crippen molar-refractivity contribution in [3.05, 3.63) is 0 Å². The Morgan fingerprint density at radius 3 is 2.11 bits per heavy atom. The Morgan fingerprint density at radius 2 is 1.68 bits per heavy atom. The summed E-state index contributed by atoms with van der Waals surface area (Å²) >= 11 is 0. The molecule has 2 saturated heterocycles. The van der Waals surface area contributed by atoms with Crippen LogP contribution in [-0.4, -0.2) is 56.0 Å². The number of rotatable bonds is 4. The summed E-state index contributed by atoms with van der Waals surface area (Å²) in [4.78, 5) is 12.4. The predicted octanol–water partition coefficient (Wildman–Crippen LogP) is 0.873. The highest BCUT2D eigenvalue weighted by molar-refractivity contribution is 5.88. The molecule has 2 aliphatic rings. The van der Waals surface area contributed by atoms with Crippen molar-refractivity contribution < 1.29 is 28.5 Å². The molecule has 2 heterocycles. The molecule has 0 spiro atoms. The minimum absolute atomic E-state index is 0.167. The van der Waals surface area contributed by atoms with Crippen LogP contribution < -0.4 is 0 Å². The van der Waals surface area contributed by atoms with E-state index in [4.69, 9.17) is 23.7 Å². The zero-order chi connectivity index (χ0) is 14.3. The largest absolute Gasteiger partial charge is 0.371 e. The number of carbonyl (C=O) groups is 1. The molecule has 0 aromatic heterocycles. The van der Waals surface area contributed by atoms with Gasteiger partial charge in [0.15, 0.2) is 17.4 Å². The Labute approximate surface area is 113 Å². The van der Waals surface area contributed by atoms with Gasteiger partial charge in [-0.15, -0.1) is 0 Å². The molecule has 0 unspecified atom stereocenters. The molecule has 0 aromatic rings. The van der Waals surface area contributed by atoms with Crippen LogP contribution in [0, 0.1) is 0 Å². The van der Waals surface area contributed by atoms with Crippen LogP contribution in [0.5, 0.6) is 0 Å². The lowest BCUT2D eigenvalue weighted by molar-refractivity contribution is -0.172. The minimum atomic E-state index is -0.731.